The summed E-state index contributed by atoms with van der Waals surface area (Å²) in [6.07, 6.45) is 6.02. The summed E-state index contributed by atoms with van der Waals surface area (Å²) in [6.45, 7) is 2.11. The number of rotatable bonds is 7. The van der Waals surface area contributed by atoms with Crippen molar-refractivity contribution in [1.29, 1.82) is 0 Å². The second-order valence-electron chi connectivity index (χ2n) is 7.27. The number of aromatic nitrogens is 3. The topological polar surface area (TPSA) is 99.9 Å². The Morgan fingerprint density at radius 1 is 1.28 bits per heavy atom. The lowest BCUT2D eigenvalue weighted by molar-refractivity contribution is 0.160. The van der Waals surface area contributed by atoms with Gasteiger partial charge in [-0.25, -0.2) is 9.78 Å². The molecule has 0 spiro atoms. The third kappa shape index (κ3) is 5.13. The average molecular weight is 459 g/mol. The molecule has 1 atom stereocenters. The summed E-state index contributed by atoms with van der Waals surface area (Å²) >= 11 is 0. The van der Waals surface area contributed by atoms with Crippen LogP contribution in [0.4, 0.5) is 4.79 Å². The van der Waals surface area contributed by atoms with Crippen LogP contribution in [0.1, 0.15) is 42.4 Å². The summed E-state index contributed by atoms with van der Waals surface area (Å²) in [4.78, 5) is 26.3. The maximum absolute atomic E-state index is 11.0. The van der Waals surface area contributed by atoms with Crippen LogP contribution in [-0.4, -0.2) is 39.0 Å². The lowest BCUT2D eigenvalue weighted by Gasteiger charge is -2.34. The van der Waals surface area contributed by atoms with Gasteiger partial charge in [0.2, 0.25) is 0 Å². The number of halogens is 1. The fraction of sp³-hybridized carbons (Fsp3) is 0.381. The van der Waals surface area contributed by atoms with Gasteiger partial charge in [-0.05, 0) is 49.4 Å². The number of carbonyl (C=O) groups is 1. The summed E-state index contributed by atoms with van der Waals surface area (Å²) in [6, 6.07) is 12.1. The molecule has 1 unspecified atom stereocenters. The molecule has 1 aliphatic carbocycles. The standard InChI is InChI=1S/C21H26N6O.BrH/c22-21(28)24-12-5-13-27(14-19-25-16-8-1-2-9-17(16)26-19)18-10-3-6-15-7-4-11-23-20(15)18;/h1-2,4,7-9,11,18H,3,5-6,10,12-14H2,(H,25,26)(H3,22,24,28);1H. The van der Waals surface area contributed by atoms with Crippen molar-refractivity contribution in [3.05, 3.63) is 59.7 Å². The number of nitrogens with two attached hydrogens (primary N) is 1. The monoisotopic (exact) mass is 458 g/mol. The Hall–Kier alpha value is -2.45. The van der Waals surface area contributed by atoms with Gasteiger partial charge in [-0.1, -0.05) is 18.2 Å². The summed E-state index contributed by atoms with van der Waals surface area (Å²) in [5.74, 6) is 0.951. The summed E-state index contributed by atoms with van der Waals surface area (Å²) in [5.41, 5.74) is 9.74. The minimum Gasteiger partial charge on any atom is -0.352 e. The molecule has 154 valence electrons. The number of amides is 2. The molecule has 2 aromatic heterocycles. The molecular weight excluding hydrogens is 432 g/mol. The van der Waals surface area contributed by atoms with Crippen molar-refractivity contribution in [2.75, 3.05) is 13.1 Å². The van der Waals surface area contributed by atoms with E-state index < -0.39 is 6.03 Å². The SMILES string of the molecule is Br.NC(=O)NCCCN(Cc1nc2ccccc2[nH]1)C1CCCc2cccnc21. The van der Waals surface area contributed by atoms with Gasteiger partial charge in [0.1, 0.15) is 5.82 Å². The van der Waals surface area contributed by atoms with Crippen LogP contribution in [0.3, 0.4) is 0 Å². The second kappa shape index (κ2) is 9.84. The van der Waals surface area contributed by atoms with Crippen molar-refractivity contribution >= 4 is 34.0 Å². The molecule has 0 radical (unpaired) electrons. The van der Waals surface area contributed by atoms with Crippen LogP contribution in [0, 0.1) is 0 Å². The lowest BCUT2D eigenvalue weighted by atomic mass is 9.90. The average Bonchev–Trinajstić information content (AvgIpc) is 3.12. The fourth-order valence-electron chi connectivity index (χ4n) is 4.05. The quantitative estimate of drug-likeness (QED) is 0.471. The highest BCUT2D eigenvalue weighted by Gasteiger charge is 2.27. The van der Waals surface area contributed by atoms with Crippen LogP contribution >= 0.6 is 17.0 Å². The van der Waals surface area contributed by atoms with Gasteiger partial charge in [-0.3, -0.25) is 9.88 Å². The predicted molar refractivity (Wildman–Crippen MR) is 119 cm³/mol. The Labute approximate surface area is 180 Å². The first-order valence-corrected chi connectivity index (χ1v) is 9.85. The van der Waals surface area contributed by atoms with Crippen LogP contribution in [0.25, 0.3) is 11.0 Å². The van der Waals surface area contributed by atoms with E-state index in [4.69, 9.17) is 15.7 Å². The van der Waals surface area contributed by atoms with E-state index in [1.807, 2.05) is 36.5 Å². The number of carbonyl (C=O) groups excluding carboxylic acids is 1. The first-order chi connectivity index (χ1) is 13.7. The molecular formula is C21H27BrN6O. The Balaban J connectivity index is 0.00000240. The molecule has 0 saturated heterocycles. The van der Waals surface area contributed by atoms with Crippen molar-refractivity contribution < 1.29 is 4.79 Å². The van der Waals surface area contributed by atoms with Gasteiger partial charge in [-0.15, -0.1) is 17.0 Å². The molecule has 0 saturated carbocycles. The summed E-state index contributed by atoms with van der Waals surface area (Å²) in [7, 11) is 0. The number of fused-ring (bicyclic) bond motifs is 2. The highest BCUT2D eigenvalue weighted by molar-refractivity contribution is 8.93. The number of hydrogen-bond acceptors (Lipinski definition) is 4. The summed E-state index contributed by atoms with van der Waals surface area (Å²) < 4.78 is 0. The number of para-hydroxylation sites is 2. The van der Waals surface area contributed by atoms with E-state index in [2.05, 4.69) is 21.3 Å². The molecule has 3 aromatic rings. The van der Waals surface area contributed by atoms with E-state index in [0.717, 1.165) is 49.1 Å². The normalized spacial score (nSPS) is 15.7. The van der Waals surface area contributed by atoms with Gasteiger partial charge in [0, 0.05) is 19.3 Å². The third-order valence-electron chi connectivity index (χ3n) is 5.32. The largest absolute Gasteiger partial charge is 0.352 e. The molecule has 4 rings (SSSR count). The molecule has 0 aliphatic heterocycles. The molecule has 4 N–H and O–H groups in total. The number of aromatic amines is 1. The number of hydrogen-bond donors (Lipinski definition) is 3. The zero-order valence-corrected chi connectivity index (χ0v) is 18.0. The first kappa shape index (κ1) is 21.3. The lowest BCUT2D eigenvalue weighted by Crippen LogP contribution is -2.36. The smallest absolute Gasteiger partial charge is 0.312 e. The number of primary amides is 1. The number of urea groups is 1. The van der Waals surface area contributed by atoms with E-state index in [-0.39, 0.29) is 23.0 Å². The van der Waals surface area contributed by atoms with E-state index in [1.54, 1.807) is 0 Å². The number of pyridine rings is 1. The molecule has 29 heavy (non-hydrogen) atoms. The fourth-order valence-corrected chi connectivity index (χ4v) is 4.05. The summed E-state index contributed by atoms with van der Waals surface area (Å²) in [5, 5.41) is 2.68. The number of benzene rings is 1. The van der Waals surface area contributed by atoms with Crippen LogP contribution in [0.5, 0.6) is 0 Å². The van der Waals surface area contributed by atoms with Crippen molar-refractivity contribution in [1.82, 2.24) is 25.2 Å². The highest BCUT2D eigenvalue weighted by Crippen LogP contribution is 2.33. The van der Waals surface area contributed by atoms with Gasteiger partial charge < -0.3 is 16.0 Å². The second-order valence-corrected chi connectivity index (χ2v) is 7.27. The number of aryl methyl sites for hydroxylation is 1. The third-order valence-corrected chi connectivity index (χ3v) is 5.32. The molecule has 1 aliphatic rings. The van der Waals surface area contributed by atoms with Crippen molar-refractivity contribution in [2.45, 2.75) is 38.3 Å². The molecule has 0 bridgehead atoms. The molecule has 7 nitrogen and oxygen atoms in total. The highest BCUT2D eigenvalue weighted by atomic mass is 79.9. The molecule has 2 amide bonds. The Kier molecular flexibility index (Phi) is 7.22. The van der Waals surface area contributed by atoms with Gasteiger partial charge >= 0.3 is 6.03 Å². The van der Waals surface area contributed by atoms with Crippen LogP contribution in [0.2, 0.25) is 0 Å². The molecule has 1 aromatic carbocycles. The maximum atomic E-state index is 11.0. The van der Waals surface area contributed by atoms with Gasteiger partial charge in [0.15, 0.2) is 0 Å². The maximum Gasteiger partial charge on any atom is 0.312 e. The molecule has 2 heterocycles. The van der Waals surface area contributed by atoms with E-state index in [0.29, 0.717) is 13.1 Å². The van der Waals surface area contributed by atoms with Crippen LogP contribution in [-0.2, 0) is 13.0 Å². The number of H-pyrrole nitrogens is 1. The minimum absolute atomic E-state index is 0. The van der Waals surface area contributed by atoms with Gasteiger partial charge in [0.25, 0.3) is 0 Å². The van der Waals surface area contributed by atoms with Crippen molar-refractivity contribution in [3.63, 3.8) is 0 Å². The van der Waals surface area contributed by atoms with Crippen molar-refractivity contribution in [3.8, 4) is 0 Å². The van der Waals surface area contributed by atoms with Crippen molar-refractivity contribution in [2.24, 2.45) is 5.73 Å². The predicted octanol–water partition coefficient (Wildman–Crippen LogP) is 3.47. The van der Waals surface area contributed by atoms with E-state index >= 15 is 0 Å². The van der Waals surface area contributed by atoms with Crippen LogP contribution in [0.15, 0.2) is 42.6 Å². The number of nitrogens with one attached hydrogen (secondary N) is 2. The molecule has 8 heteroatoms. The Morgan fingerprint density at radius 2 is 2.14 bits per heavy atom. The van der Waals surface area contributed by atoms with Gasteiger partial charge in [0.05, 0.1) is 29.3 Å². The van der Waals surface area contributed by atoms with Gasteiger partial charge in [-0.2, -0.15) is 0 Å². The Morgan fingerprint density at radius 3 is 2.97 bits per heavy atom. The van der Waals surface area contributed by atoms with E-state index in [1.165, 1.54) is 11.3 Å². The molecule has 0 fully saturated rings. The first-order valence-electron chi connectivity index (χ1n) is 9.85. The Bertz CT molecular complexity index is 926. The number of nitrogens with zero attached hydrogens (tertiary/aromatic N) is 3. The zero-order valence-electron chi connectivity index (χ0n) is 16.3. The zero-order chi connectivity index (χ0) is 19.3. The minimum atomic E-state index is -0.478. The van der Waals surface area contributed by atoms with E-state index in [9.17, 15) is 4.79 Å². The van der Waals surface area contributed by atoms with Crippen LogP contribution < -0.4 is 11.1 Å². The number of imidazole rings is 1.